The molecule has 2 fully saturated rings. The molecule has 0 aromatic heterocycles. The van der Waals surface area contributed by atoms with Crippen molar-refractivity contribution in [1.29, 1.82) is 0 Å². The number of halogens is 3. The normalized spacial score (nSPS) is 25.2. The number of amides is 8. The predicted octanol–water partition coefficient (Wildman–Crippen LogP) is 5.00. The summed E-state index contributed by atoms with van der Waals surface area (Å²) in [5, 5.41) is 129. The zero-order valence-corrected chi connectivity index (χ0v) is 69.9. The van der Waals surface area contributed by atoms with E-state index in [4.69, 9.17) is 74.7 Å². The lowest BCUT2D eigenvalue weighted by molar-refractivity contribution is -0.334. The first-order valence-corrected chi connectivity index (χ1v) is 40.5. The molecular formula is C85H102Cl3N11O23. The lowest BCUT2D eigenvalue weighted by Gasteiger charge is -2.48. The Labute approximate surface area is 717 Å². The van der Waals surface area contributed by atoms with Crippen LogP contribution in [0.25, 0.3) is 22.3 Å². The maximum atomic E-state index is 14.9. The van der Waals surface area contributed by atoms with Crippen LogP contribution in [-0.4, -0.2) is 206 Å². The lowest BCUT2D eigenvalue weighted by Crippen LogP contribution is -2.65. The van der Waals surface area contributed by atoms with Crippen molar-refractivity contribution in [3.8, 4) is 68.2 Å². The first-order chi connectivity index (χ1) is 58.0. The summed E-state index contributed by atoms with van der Waals surface area (Å²) in [6.07, 6.45) is -17.0. The van der Waals surface area contributed by atoms with Gasteiger partial charge in [-0.3, -0.25) is 38.4 Å². The molecule has 8 amide bonds. The summed E-state index contributed by atoms with van der Waals surface area (Å²) in [6.45, 7) is 7.80. The number of rotatable bonds is 22. The van der Waals surface area contributed by atoms with Gasteiger partial charge < -0.3 is 134 Å². The molecule has 122 heavy (non-hydrogen) atoms. The number of hydrogen-bond donors (Lipinski definition) is 20. The van der Waals surface area contributed by atoms with Crippen molar-refractivity contribution in [3.63, 3.8) is 0 Å². The van der Waals surface area contributed by atoms with E-state index in [9.17, 15) is 84.3 Å². The lowest BCUT2D eigenvalue weighted by atomic mass is 9.84. The molecular weight excluding hydrogens is 1650 g/mol. The number of fused-ring (bicyclic) bond motifs is 2. The van der Waals surface area contributed by atoms with Crippen LogP contribution in [-0.2, 0) is 59.1 Å². The Bertz CT molecular complexity index is 4900. The van der Waals surface area contributed by atoms with E-state index < -0.39 is 198 Å². The maximum Gasteiger partial charge on any atom is 0.247 e. The van der Waals surface area contributed by atoms with Gasteiger partial charge in [0.15, 0.2) is 23.9 Å². The maximum absolute atomic E-state index is 14.9. The van der Waals surface area contributed by atoms with E-state index in [2.05, 4.69) is 47.9 Å². The second kappa shape index (κ2) is 42.0. The first kappa shape index (κ1) is 93.8. The van der Waals surface area contributed by atoms with Crippen molar-refractivity contribution in [3.05, 3.63) is 176 Å². The van der Waals surface area contributed by atoms with Gasteiger partial charge in [0.2, 0.25) is 59.3 Å². The first-order valence-electron chi connectivity index (χ1n) is 39.4. The quantitative estimate of drug-likeness (QED) is 0.0397. The second-order valence-electron chi connectivity index (χ2n) is 30.6. The van der Waals surface area contributed by atoms with Crippen LogP contribution in [0.3, 0.4) is 0 Å². The Morgan fingerprint density at radius 2 is 1.33 bits per heavy atom. The van der Waals surface area contributed by atoms with Gasteiger partial charge in [-0.2, -0.15) is 0 Å². The van der Waals surface area contributed by atoms with E-state index in [1.807, 2.05) is 50.2 Å². The highest BCUT2D eigenvalue weighted by molar-refractivity contribution is 6.32. The van der Waals surface area contributed by atoms with Gasteiger partial charge in [0.1, 0.15) is 83.4 Å². The molecule has 5 aliphatic heterocycles. The highest BCUT2D eigenvalue weighted by atomic mass is 35.5. The van der Waals surface area contributed by atoms with Gasteiger partial charge in [-0.25, -0.2) is 0 Å². The van der Waals surface area contributed by atoms with Gasteiger partial charge in [0.25, 0.3) is 0 Å². The third-order valence-corrected chi connectivity index (χ3v) is 21.9. The number of carbonyl (C=O) groups is 8. The third-order valence-electron chi connectivity index (χ3n) is 21.1. The Balaban J connectivity index is 1.06. The van der Waals surface area contributed by atoms with E-state index in [0.717, 1.165) is 41.0 Å². The molecule has 0 aliphatic carbocycles. The molecule has 7 aromatic carbocycles. The number of hydrogen-bond acceptors (Lipinski definition) is 26. The van der Waals surface area contributed by atoms with Crippen molar-refractivity contribution in [2.45, 2.75) is 183 Å². The summed E-state index contributed by atoms with van der Waals surface area (Å²) >= 11 is 20.3. The van der Waals surface area contributed by atoms with Crippen LogP contribution in [0.2, 0.25) is 15.1 Å². The van der Waals surface area contributed by atoms with Crippen LogP contribution >= 0.6 is 34.8 Å². The Hall–Kier alpha value is -10.5. The number of benzene rings is 7. The number of para-hydroxylation sites is 1. The average molecular weight is 1750 g/mol. The van der Waals surface area contributed by atoms with Crippen LogP contribution in [0.5, 0.6) is 46.0 Å². The highest BCUT2D eigenvalue weighted by Crippen LogP contribution is 2.48. The molecule has 5 heterocycles. The number of nitrogens with two attached hydrogens (primary N) is 2. The van der Waals surface area contributed by atoms with E-state index in [1.165, 1.54) is 81.7 Å². The Morgan fingerprint density at radius 3 is 1.94 bits per heavy atom. The molecule has 17 atom stereocenters. The van der Waals surface area contributed by atoms with Crippen LogP contribution < -0.4 is 73.5 Å². The molecule has 0 spiro atoms. The smallest absolute Gasteiger partial charge is 0.247 e. The molecule has 12 rings (SSSR count). The monoisotopic (exact) mass is 1750 g/mol. The molecule has 34 nitrogen and oxygen atoms in total. The summed E-state index contributed by atoms with van der Waals surface area (Å²) in [7, 11) is 2.71. The average Bonchev–Trinajstić information content (AvgIpc) is 0.771. The van der Waals surface area contributed by atoms with Gasteiger partial charge in [0, 0.05) is 54.3 Å². The van der Waals surface area contributed by atoms with Crippen LogP contribution in [0.15, 0.2) is 133 Å². The fourth-order valence-electron chi connectivity index (χ4n) is 14.3. The van der Waals surface area contributed by atoms with E-state index in [0.29, 0.717) is 17.9 Å². The number of aliphatic hydroxyl groups is 6. The van der Waals surface area contributed by atoms with Gasteiger partial charge in [-0.1, -0.05) is 109 Å². The molecule has 5 aliphatic rings. The van der Waals surface area contributed by atoms with E-state index in [1.54, 1.807) is 26.0 Å². The molecule has 0 radical (unpaired) electrons. The molecule has 656 valence electrons. The van der Waals surface area contributed by atoms with E-state index >= 15 is 0 Å². The number of phenols is 3. The zero-order valence-electron chi connectivity index (χ0n) is 67.6. The molecule has 7 aromatic rings. The van der Waals surface area contributed by atoms with Gasteiger partial charge >= 0.3 is 0 Å². The van der Waals surface area contributed by atoms with Crippen molar-refractivity contribution in [1.82, 2.24) is 47.9 Å². The topological polar surface area (TPSA) is 534 Å². The van der Waals surface area contributed by atoms with Crippen molar-refractivity contribution in [2.75, 3.05) is 33.8 Å². The van der Waals surface area contributed by atoms with Gasteiger partial charge in [-0.05, 0) is 165 Å². The minimum Gasteiger partial charge on any atom is -0.508 e. The van der Waals surface area contributed by atoms with Crippen molar-refractivity contribution in [2.24, 2.45) is 17.4 Å². The van der Waals surface area contributed by atoms with Crippen molar-refractivity contribution >= 4 is 82.1 Å². The van der Waals surface area contributed by atoms with Crippen molar-refractivity contribution < 1.29 is 113 Å². The zero-order chi connectivity index (χ0) is 88.7. The standard InChI is InChI=1S/C85H102Cl3N11O23/c1-40(2)29-55(91-6)79(112)99-71-72(107)48-21-26-61(54(88)32-48)119-63-12-10-11-62(75(63)122-84-76(74(109)73(108)64(39-100)120-84)121-67-37-85(5,77(110)42(4)117-67)94-38-43-13-15-44(16-14-43)45-17-22-49(86)23-18-45)118-60-25-20-46(31-53(60)87)58(103)36-66(106)97-70(82(115)93-28-9-8-27-89)52-33-50(101)34-59(104)68(52)51-30-47(19-24-57(51)102)69(81(114)92-7)98-78(111)41(3)95-80(113)56(35-65(90)105)96-83(71)116/h10-26,30-34,40-42,55-56,58,64,67,69-74,76-77,84,91,94,100-104,107-110H,8-9,27-29,35-39,89H2,1-7H3,(H2,90,105)(H,92,114)(H,93,115)(H,95,113)(H,96,116)(H,97,106)(H,98,111)(H,99,112)/t41-,42?,55-,56+,58+,64?,67?,69?,70-,71-,72-,73?,74?,76?,77?,84?,85?/m1/s1. The number of aliphatic hydroxyl groups excluding tert-OH is 6. The largest absolute Gasteiger partial charge is 0.508 e. The van der Waals surface area contributed by atoms with Crippen LogP contribution in [0.1, 0.15) is 125 Å². The molecule has 22 N–H and O–H groups in total. The van der Waals surface area contributed by atoms with Crippen LogP contribution in [0, 0.1) is 5.92 Å². The number of ether oxygens (including phenoxy) is 6. The predicted molar refractivity (Wildman–Crippen MR) is 446 cm³/mol. The number of likely N-dealkylation sites (N-methyl/N-ethyl adjacent to an activating group) is 2. The van der Waals surface area contributed by atoms with E-state index in [-0.39, 0.29) is 99.3 Å². The Morgan fingerprint density at radius 1 is 0.689 bits per heavy atom. The number of aromatic hydroxyl groups is 3. The van der Waals surface area contributed by atoms with Gasteiger partial charge in [-0.15, -0.1) is 0 Å². The number of primary amides is 1. The SMILES string of the molecule is CNC(=O)C1NC(=O)[C@@H](C)NC(=O)[C@H](CC(N)=O)NC(=O)[C@H](NC(=O)[C@@H](CC(C)C)NC)[C@H](O)c2ccc(c(Cl)c2)Oc2cccc(c2OC2OC(CO)C(O)C(O)C2OC2CC(C)(NCc3ccc(-c4ccc(Cl)cc4)cc3)C(O)C(C)O2)Oc2ccc(cc2Cl)[C@@H](O)CC(=O)N[C@@H](C(=O)NCCCCN)c2cc(O)cc(O)c2-c2cc1ccc2O. The summed E-state index contributed by atoms with van der Waals surface area (Å²) in [5.41, 5.74) is 11.6. The molecule has 10 unspecified atom stereocenters. The number of nitrogens with one attached hydrogen (secondary N) is 9. The summed E-state index contributed by atoms with van der Waals surface area (Å²) < 4.78 is 38.9. The second-order valence-corrected chi connectivity index (χ2v) is 31.9. The minimum absolute atomic E-state index is 0.00350. The fourth-order valence-corrected chi connectivity index (χ4v) is 14.9. The van der Waals surface area contributed by atoms with Crippen LogP contribution in [0.4, 0.5) is 0 Å². The summed E-state index contributed by atoms with van der Waals surface area (Å²) in [6, 6.07) is 21.9. The summed E-state index contributed by atoms with van der Waals surface area (Å²) in [5.74, 6) is -11.8. The summed E-state index contributed by atoms with van der Waals surface area (Å²) in [4.78, 5) is 114. The minimum atomic E-state index is -2.07. The molecule has 2 saturated heterocycles. The number of phenolic OH excluding ortho intramolecular Hbond substituents is 3. The number of unbranched alkanes of at least 4 members (excludes halogenated alkanes) is 1. The molecule has 0 saturated carbocycles. The molecule has 8 bridgehead atoms. The Kier molecular flexibility index (Phi) is 32.3. The highest BCUT2D eigenvalue weighted by Gasteiger charge is 2.52. The fraction of sp³-hybridized carbons (Fsp3) is 0.412. The van der Waals surface area contributed by atoms with Gasteiger partial charge in [0.05, 0.1) is 53.8 Å². The molecule has 37 heteroatoms. The number of carbonyl (C=O) groups excluding carboxylic acids is 8. The third kappa shape index (κ3) is 23.2.